The Kier molecular flexibility index (Phi) is 5.67. The van der Waals surface area contributed by atoms with E-state index >= 15 is 0 Å². The van der Waals surface area contributed by atoms with Crippen molar-refractivity contribution in [3.63, 3.8) is 0 Å². The van der Waals surface area contributed by atoms with Crippen LogP contribution in [0.3, 0.4) is 0 Å². The van der Waals surface area contributed by atoms with Gasteiger partial charge in [-0.15, -0.1) is 0 Å². The summed E-state index contributed by atoms with van der Waals surface area (Å²) in [4.78, 5) is 34.8. The lowest BCUT2D eigenvalue weighted by Crippen LogP contribution is -3.15. The number of aryl methyl sites for hydroxylation is 1. The average molecular weight is 409 g/mol. The summed E-state index contributed by atoms with van der Waals surface area (Å²) in [6.07, 6.45) is 1.92. The Morgan fingerprint density at radius 1 is 1.23 bits per heavy atom. The maximum absolute atomic E-state index is 12.8. The lowest BCUT2D eigenvalue weighted by atomic mass is 10.1. The highest BCUT2D eigenvalue weighted by Gasteiger charge is 2.28. The van der Waals surface area contributed by atoms with Crippen LogP contribution in [0.25, 0.3) is 10.9 Å². The number of pyridine rings is 1. The molecule has 2 aromatic heterocycles. The van der Waals surface area contributed by atoms with Gasteiger partial charge in [0.05, 0.1) is 19.0 Å². The topological polar surface area (TPSA) is 93.0 Å². The van der Waals surface area contributed by atoms with Crippen molar-refractivity contribution in [3.05, 3.63) is 53.9 Å². The third-order valence-corrected chi connectivity index (χ3v) is 5.52. The molecule has 8 nitrogen and oxygen atoms in total. The zero-order chi connectivity index (χ0) is 21.1. The second-order valence-corrected chi connectivity index (χ2v) is 7.63. The Balaban J connectivity index is 1.43. The van der Waals surface area contributed by atoms with Crippen molar-refractivity contribution >= 4 is 34.3 Å². The van der Waals surface area contributed by atoms with E-state index in [1.807, 2.05) is 43.5 Å². The van der Waals surface area contributed by atoms with E-state index in [1.54, 1.807) is 0 Å². The van der Waals surface area contributed by atoms with E-state index in [1.165, 1.54) is 12.0 Å². The van der Waals surface area contributed by atoms with E-state index < -0.39 is 5.97 Å². The quantitative estimate of drug-likeness (QED) is 0.533. The van der Waals surface area contributed by atoms with E-state index in [4.69, 9.17) is 4.74 Å². The molecule has 0 radical (unpaired) electrons. The Hall–Kier alpha value is -3.39. The number of amides is 1. The summed E-state index contributed by atoms with van der Waals surface area (Å²) < 4.78 is 4.89. The number of aromatic amines is 2. The smallest absolute Gasteiger partial charge is 0.356 e. The molecule has 0 saturated carbocycles. The van der Waals surface area contributed by atoms with Gasteiger partial charge >= 0.3 is 5.97 Å². The SMILES string of the molecule is COC(=O)c1[nH]c2cc(C)ccc2c1NC(=O)C[NH+]1CCN(c2cccc[nH+]2)CC1. The third-order valence-electron chi connectivity index (χ3n) is 5.52. The summed E-state index contributed by atoms with van der Waals surface area (Å²) in [5, 5.41) is 3.75. The van der Waals surface area contributed by atoms with Crippen LogP contribution in [0.4, 0.5) is 11.5 Å². The molecule has 1 aromatic carbocycles. The summed E-state index contributed by atoms with van der Waals surface area (Å²) in [5.41, 5.74) is 2.62. The largest absolute Gasteiger partial charge is 0.464 e. The van der Waals surface area contributed by atoms with E-state index in [0.717, 1.165) is 48.5 Å². The fourth-order valence-electron chi connectivity index (χ4n) is 3.93. The number of rotatable bonds is 5. The molecular weight excluding hydrogens is 382 g/mol. The lowest BCUT2D eigenvalue weighted by molar-refractivity contribution is -0.892. The Labute approximate surface area is 174 Å². The standard InChI is InChI=1S/C22H25N5O3/c1-15-6-7-16-17(13-15)24-21(22(29)30-2)20(16)25-19(28)14-26-9-11-27(12-10-26)18-5-3-4-8-23-18/h3-8,13,24H,9-12,14H2,1-2H3,(H,25,28)/p+2. The molecule has 156 valence electrons. The Morgan fingerprint density at radius 3 is 2.73 bits per heavy atom. The molecule has 0 bridgehead atoms. The minimum absolute atomic E-state index is 0.114. The summed E-state index contributed by atoms with van der Waals surface area (Å²) in [7, 11) is 1.33. The molecule has 3 aromatic rings. The second-order valence-electron chi connectivity index (χ2n) is 7.63. The molecule has 4 rings (SSSR count). The number of piperazine rings is 1. The predicted octanol–water partition coefficient (Wildman–Crippen LogP) is 0.421. The van der Waals surface area contributed by atoms with Gasteiger partial charge < -0.3 is 19.9 Å². The van der Waals surface area contributed by atoms with Crippen molar-refractivity contribution in [1.82, 2.24) is 4.98 Å². The number of nitrogens with zero attached hydrogens (tertiary/aromatic N) is 1. The molecule has 3 heterocycles. The van der Waals surface area contributed by atoms with Gasteiger partial charge in [-0.05, 0) is 24.6 Å². The molecule has 0 aliphatic carbocycles. The van der Waals surface area contributed by atoms with Gasteiger partial charge in [0.25, 0.3) is 11.7 Å². The van der Waals surface area contributed by atoms with Gasteiger partial charge in [-0.25, -0.2) is 9.78 Å². The van der Waals surface area contributed by atoms with Crippen LogP contribution in [0, 0.1) is 6.92 Å². The van der Waals surface area contributed by atoms with E-state index in [9.17, 15) is 9.59 Å². The molecule has 1 fully saturated rings. The number of fused-ring (bicyclic) bond motifs is 1. The second kappa shape index (κ2) is 8.54. The number of quaternary nitrogens is 1. The van der Waals surface area contributed by atoms with Gasteiger partial charge in [-0.3, -0.25) is 9.69 Å². The van der Waals surface area contributed by atoms with Gasteiger partial charge in [0.1, 0.15) is 31.9 Å². The predicted molar refractivity (Wildman–Crippen MR) is 114 cm³/mol. The number of methoxy groups -OCH3 is 1. The van der Waals surface area contributed by atoms with Gasteiger partial charge in [0.15, 0.2) is 6.54 Å². The Bertz CT molecular complexity index is 1060. The number of H-pyrrole nitrogens is 2. The van der Waals surface area contributed by atoms with Crippen LogP contribution in [0.5, 0.6) is 0 Å². The van der Waals surface area contributed by atoms with Crippen LogP contribution in [-0.4, -0.2) is 56.7 Å². The number of carbonyl (C=O) groups excluding carboxylic acids is 2. The number of ether oxygens (including phenoxy) is 1. The number of esters is 1. The number of hydrogen-bond donors (Lipinski definition) is 3. The Morgan fingerprint density at radius 2 is 2.03 bits per heavy atom. The van der Waals surface area contributed by atoms with Crippen molar-refractivity contribution in [2.24, 2.45) is 0 Å². The first-order valence-electron chi connectivity index (χ1n) is 10.1. The number of anilines is 2. The van der Waals surface area contributed by atoms with Gasteiger partial charge in [-0.2, -0.15) is 0 Å². The number of carbonyl (C=O) groups is 2. The molecule has 0 spiro atoms. The van der Waals surface area contributed by atoms with Crippen molar-refractivity contribution in [2.75, 3.05) is 50.1 Å². The molecule has 1 aliphatic heterocycles. The fourth-order valence-corrected chi connectivity index (χ4v) is 3.93. The first-order chi connectivity index (χ1) is 14.5. The molecule has 1 aliphatic rings. The number of aromatic nitrogens is 2. The van der Waals surface area contributed by atoms with Crippen LogP contribution in [0.15, 0.2) is 42.6 Å². The van der Waals surface area contributed by atoms with E-state index in [0.29, 0.717) is 12.2 Å². The molecule has 1 saturated heterocycles. The summed E-state index contributed by atoms with van der Waals surface area (Å²) in [5.74, 6) is 0.480. The van der Waals surface area contributed by atoms with Crippen LogP contribution in [0.2, 0.25) is 0 Å². The zero-order valence-electron chi connectivity index (χ0n) is 17.2. The van der Waals surface area contributed by atoms with Crippen molar-refractivity contribution < 1.29 is 24.2 Å². The highest BCUT2D eigenvalue weighted by molar-refractivity contribution is 6.11. The average Bonchev–Trinajstić information content (AvgIpc) is 3.11. The molecule has 4 N–H and O–H groups in total. The first kappa shape index (κ1) is 19.9. The van der Waals surface area contributed by atoms with Crippen LogP contribution in [-0.2, 0) is 9.53 Å². The first-order valence-corrected chi connectivity index (χ1v) is 10.1. The van der Waals surface area contributed by atoms with Crippen molar-refractivity contribution in [1.29, 1.82) is 0 Å². The van der Waals surface area contributed by atoms with Crippen LogP contribution >= 0.6 is 0 Å². The highest BCUT2D eigenvalue weighted by atomic mass is 16.5. The summed E-state index contributed by atoms with van der Waals surface area (Å²) >= 11 is 0. The van der Waals surface area contributed by atoms with Crippen LogP contribution in [0.1, 0.15) is 16.1 Å². The molecule has 0 atom stereocenters. The minimum atomic E-state index is -0.501. The maximum Gasteiger partial charge on any atom is 0.356 e. The van der Waals surface area contributed by atoms with E-state index in [2.05, 4.69) is 26.3 Å². The highest BCUT2D eigenvalue weighted by Crippen LogP contribution is 2.29. The number of hydrogen-bond acceptors (Lipinski definition) is 4. The summed E-state index contributed by atoms with van der Waals surface area (Å²) in [6.45, 7) is 5.82. The monoisotopic (exact) mass is 409 g/mol. The van der Waals surface area contributed by atoms with Crippen LogP contribution < -0.4 is 20.1 Å². The number of benzene rings is 1. The van der Waals surface area contributed by atoms with Gasteiger partial charge in [0, 0.05) is 17.0 Å². The van der Waals surface area contributed by atoms with Crippen molar-refractivity contribution in [3.8, 4) is 0 Å². The maximum atomic E-state index is 12.8. The minimum Gasteiger partial charge on any atom is -0.464 e. The molecule has 1 amide bonds. The molecular formula is C22H27N5O3+2. The zero-order valence-corrected chi connectivity index (χ0v) is 17.2. The summed E-state index contributed by atoms with van der Waals surface area (Å²) in [6, 6.07) is 11.8. The number of nitrogens with one attached hydrogen (secondary N) is 4. The third kappa shape index (κ3) is 4.13. The lowest BCUT2D eigenvalue weighted by Gasteiger charge is -2.27. The van der Waals surface area contributed by atoms with Gasteiger partial charge in [0.2, 0.25) is 0 Å². The van der Waals surface area contributed by atoms with Crippen molar-refractivity contribution in [2.45, 2.75) is 6.92 Å². The van der Waals surface area contributed by atoms with Gasteiger partial charge in [-0.1, -0.05) is 18.2 Å². The molecule has 30 heavy (non-hydrogen) atoms. The molecule has 0 unspecified atom stereocenters. The van der Waals surface area contributed by atoms with E-state index in [-0.39, 0.29) is 11.6 Å². The normalized spacial score (nSPS) is 14.7. The fraction of sp³-hybridized carbons (Fsp3) is 0.318. The molecule has 8 heteroatoms.